The molecule has 1 aliphatic rings. The second-order valence-corrected chi connectivity index (χ2v) is 13.1. The lowest BCUT2D eigenvalue weighted by Crippen LogP contribution is -3.00. The highest BCUT2D eigenvalue weighted by atomic mass is 79.9. The van der Waals surface area contributed by atoms with Gasteiger partial charge < -0.3 is 26.6 Å². The van der Waals surface area contributed by atoms with Crippen molar-refractivity contribution in [1.29, 1.82) is 0 Å². The van der Waals surface area contributed by atoms with Crippen LogP contribution in [-0.4, -0.2) is 35.7 Å². The zero-order chi connectivity index (χ0) is 27.1. The zero-order valence-corrected chi connectivity index (χ0v) is 24.6. The Balaban J connectivity index is 0.00000370. The molecule has 204 valence electrons. The minimum atomic E-state index is -2.29. The van der Waals surface area contributed by atoms with Crippen LogP contribution in [0.1, 0.15) is 12.0 Å². The molecule has 0 bridgehead atoms. The number of hydrogen-bond donors (Lipinski definition) is 1. The van der Waals surface area contributed by atoms with E-state index in [4.69, 9.17) is 4.74 Å². The minimum Gasteiger partial charge on any atom is -1.00 e. The predicted molar refractivity (Wildman–Crippen MR) is 161 cm³/mol. The van der Waals surface area contributed by atoms with Gasteiger partial charge in [-0.2, -0.15) is 0 Å². The highest BCUT2D eigenvalue weighted by Crippen LogP contribution is 2.62. The van der Waals surface area contributed by atoms with Crippen molar-refractivity contribution in [3.8, 4) is 0 Å². The quantitative estimate of drug-likeness (QED) is 0.233. The standard InChI is InChI=1S/C33H31N2O3P.BrH/c1-2-24-38-33(37)34-27-20-18-26(19-21-27)25-35-23-22-31(32(35)36)39(28-12-6-3-7-13-28,29-14-8-4-9-15-29)30-16-10-5-11-17-30;/h2-21,31H,1,22-25H2;1H/t31-;/m1./s1. The molecule has 4 aromatic rings. The smallest absolute Gasteiger partial charge is 0.411 e. The van der Waals surface area contributed by atoms with Gasteiger partial charge in [0.15, 0.2) is 5.66 Å². The third-order valence-electron chi connectivity index (χ3n) is 7.13. The third kappa shape index (κ3) is 6.04. The number of hydrogen-bond acceptors (Lipinski definition) is 3. The summed E-state index contributed by atoms with van der Waals surface area (Å²) in [6, 6.07) is 39.3. The minimum absolute atomic E-state index is 0. The molecule has 1 N–H and O–H groups in total. The monoisotopic (exact) mass is 614 g/mol. The van der Waals surface area contributed by atoms with Crippen molar-refractivity contribution in [1.82, 2.24) is 4.90 Å². The lowest BCUT2D eigenvalue weighted by Gasteiger charge is -2.32. The second kappa shape index (κ2) is 13.6. The van der Waals surface area contributed by atoms with Gasteiger partial charge in [-0.25, -0.2) is 4.79 Å². The fourth-order valence-electron chi connectivity index (χ4n) is 5.42. The number of benzene rings is 4. The molecule has 0 aromatic heterocycles. The van der Waals surface area contributed by atoms with Crippen molar-refractivity contribution in [3.63, 3.8) is 0 Å². The molecule has 1 fully saturated rings. The van der Waals surface area contributed by atoms with Crippen LogP contribution in [0, 0.1) is 0 Å². The molecular formula is C33H32BrN2O3P. The van der Waals surface area contributed by atoms with E-state index in [2.05, 4.69) is 84.7 Å². The first-order valence-corrected chi connectivity index (χ1v) is 15.0. The van der Waals surface area contributed by atoms with Gasteiger partial charge in [0.2, 0.25) is 0 Å². The number of halogens is 1. The molecule has 0 saturated carbocycles. The van der Waals surface area contributed by atoms with Crippen molar-refractivity contribution in [3.05, 3.63) is 133 Å². The molecule has 5 rings (SSSR count). The Morgan fingerprint density at radius 2 is 1.35 bits per heavy atom. The number of amides is 2. The molecule has 1 heterocycles. The SMILES string of the molecule is C=CCOC(=O)Nc1ccc(CN2CC[C@@H]([P+](c3ccccc3)(c3ccccc3)c3ccccc3)C2=O)cc1.[Br-]. The van der Waals surface area contributed by atoms with Crippen molar-refractivity contribution >= 4 is 40.9 Å². The Labute approximate surface area is 247 Å². The van der Waals surface area contributed by atoms with Crippen molar-refractivity contribution < 1.29 is 31.3 Å². The van der Waals surface area contributed by atoms with Crippen LogP contribution in [0.2, 0.25) is 0 Å². The summed E-state index contributed by atoms with van der Waals surface area (Å²) in [4.78, 5) is 28.1. The summed E-state index contributed by atoms with van der Waals surface area (Å²) in [5.41, 5.74) is 1.50. The topological polar surface area (TPSA) is 58.6 Å². The number of carbonyl (C=O) groups excluding carboxylic acids is 2. The maximum atomic E-state index is 14.3. The van der Waals surface area contributed by atoms with Gasteiger partial charge in [-0.1, -0.05) is 79.4 Å². The summed E-state index contributed by atoms with van der Waals surface area (Å²) in [7, 11) is -2.29. The average Bonchev–Trinajstić information content (AvgIpc) is 3.35. The molecule has 0 aliphatic carbocycles. The molecule has 1 saturated heterocycles. The Morgan fingerprint density at radius 1 is 0.850 bits per heavy atom. The number of ether oxygens (including phenoxy) is 1. The van der Waals surface area contributed by atoms with Gasteiger partial charge in [0.05, 0.1) is 0 Å². The van der Waals surface area contributed by atoms with Crippen LogP contribution in [0.4, 0.5) is 10.5 Å². The van der Waals surface area contributed by atoms with E-state index in [-0.39, 0.29) is 35.2 Å². The van der Waals surface area contributed by atoms with E-state index < -0.39 is 13.4 Å². The number of anilines is 1. The highest BCUT2D eigenvalue weighted by Gasteiger charge is 2.58. The maximum absolute atomic E-state index is 14.3. The number of nitrogens with one attached hydrogen (secondary N) is 1. The van der Waals surface area contributed by atoms with E-state index in [1.807, 2.05) is 47.4 Å². The summed E-state index contributed by atoms with van der Waals surface area (Å²) in [6.07, 6.45) is 1.79. The second-order valence-electron chi connectivity index (χ2n) is 9.50. The number of carbonyl (C=O) groups is 2. The molecule has 1 atom stereocenters. The van der Waals surface area contributed by atoms with Crippen LogP contribution in [0.15, 0.2) is 128 Å². The molecule has 2 amide bonds. The van der Waals surface area contributed by atoms with E-state index in [9.17, 15) is 9.59 Å². The first-order valence-electron chi connectivity index (χ1n) is 13.1. The summed E-state index contributed by atoms with van der Waals surface area (Å²) in [5.74, 6) is 0.190. The molecule has 5 nitrogen and oxygen atoms in total. The normalized spacial score (nSPS) is 14.8. The van der Waals surface area contributed by atoms with E-state index in [0.29, 0.717) is 18.8 Å². The van der Waals surface area contributed by atoms with Gasteiger partial charge in [0, 0.05) is 25.2 Å². The third-order valence-corrected chi connectivity index (χ3v) is 11.9. The molecule has 0 unspecified atom stereocenters. The van der Waals surface area contributed by atoms with Crippen LogP contribution in [0.5, 0.6) is 0 Å². The van der Waals surface area contributed by atoms with E-state index in [0.717, 1.165) is 12.0 Å². The fraction of sp³-hybridized carbons (Fsp3) is 0.152. The van der Waals surface area contributed by atoms with Crippen LogP contribution in [0.25, 0.3) is 0 Å². The summed E-state index contributed by atoms with van der Waals surface area (Å²) in [6.45, 7) is 4.92. The van der Waals surface area contributed by atoms with Crippen LogP contribution in [0.3, 0.4) is 0 Å². The Morgan fingerprint density at radius 3 is 1.82 bits per heavy atom. The van der Waals surface area contributed by atoms with Crippen molar-refractivity contribution in [2.45, 2.75) is 18.6 Å². The molecule has 1 aliphatic heterocycles. The Kier molecular flexibility index (Phi) is 9.92. The molecule has 4 aromatic carbocycles. The van der Waals surface area contributed by atoms with Gasteiger partial charge in [-0.05, 0) is 54.1 Å². The fourth-order valence-corrected chi connectivity index (χ4v) is 10.3. The first-order chi connectivity index (χ1) is 19.1. The lowest BCUT2D eigenvalue weighted by molar-refractivity contribution is -0.127. The Bertz CT molecular complexity index is 1320. The average molecular weight is 616 g/mol. The zero-order valence-electron chi connectivity index (χ0n) is 22.2. The lowest BCUT2D eigenvalue weighted by atomic mass is 10.2. The highest BCUT2D eigenvalue weighted by molar-refractivity contribution is 7.96. The number of rotatable bonds is 9. The van der Waals surface area contributed by atoms with Gasteiger partial charge >= 0.3 is 6.09 Å². The van der Waals surface area contributed by atoms with Gasteiger partial charge in [0.25, 0.3) is 5.91 Å². The van der Waals surface area contributed by atoms with Crippen LogP contribution >= 0.6 is 7.26 Å². The molecular weight excluding hydrogens is 583 g/mol. The summed E-state index contributed by atoms with van der Waals surface area (Å²) >= 11 is 0. The van der Waals surface area contributed by atoms with E-state index in [1.54, 1.807) is 0 Å². The van der Waals surface area contributed by atoms with E-state index >= 15 is 0 Å². The largest absolute Gasteiger partial charge is 1.00 e. The number of nitrogens with zero attached hydrogens (tertiary/aromatic N) is 1. The van der Waals surface area contributed by atoms with Crippen LogP contribution < -0.4 is 38.2 Å². The first kappa shape index (κ1) is 29.3. The molecule has 40 heavy (non-hydrogen) atoms. The van der Waals surface area contributed by atoms with Crippen molar-refractivity contribution in [2.75, 3.05) is 18.5 Å². The Hall–Kier alpha value is -3.73. The molecule has 0 radical (unpaired) electrons. The molecule has 0 spiro atoms. The number of likely N-dealkylation sites (tertiary alicyclic amines) is 1. The van der Waals surface area contributed by atoms with Gasteiger partial charge in [-0.3, -0.25) is 10.1 Å². The maximum Gasteiger partial charge on any atom is 0.411 e. The van der Waals surface area contributed by atoms with Gasteiger partial charge in [-0.15, -0.1) is 0 Å². The van der Waals surface area contributed by atoms with Crippen molar-refractivity contribution in [2.24, 2.45) is 0 Å². The molecule has 7 heteroatoms. The van der Waals surface area contributed by atoms with Crippen LogP contribution in [-0.2, 0) is 16.1 Å². The van der Waals surface area contributed by atoms with E-state index in [1.165, 1.54) is 22.0 Å². The summed E-state index contributed by atoms with van der Waals surface area (Å²) < 4.78 is 4.98. The van der Waals surface area contributed by atoms with Gasteiger partial charge in [0.1, 0.15) is 29.8 Å². The summed E-state index contributed by atoms with van der Waals surface area (Å²) in [5, 5.41) is 6.37. The predicted octanol–water partition coefficient (Wildman–Crippen LogP) is 2.52.